The highest BCUT2D eigenvalue weighted by Crippen LogP contribution is 2.37. The van der Waals surface area contributed by atoms with E-state index in [0.717, 1.165) is 12.0 Å². The second kappa shape index (κ2) is 6.81. The second-order valence-electron chi connectivity index (χ2n) is 4.77. The van der Waals surface area contributed by atoms with Gasteiger partial charge in [0, 0.05) is 22.6 Å². The van der Waals surface area contributed by atoms with Crippen molar-refractivity contribution in [2.75, 3.05) is 6.54 Å². The summed E-state index contributed by atoms with van der Waals surface area (Å²) in [4.78, 5) is 0.632. The molecule has 6 heteroatoms. The van der Waals surface area contributed by atoms with Gasteiger partial charge < -0.3 is 5.32 Å². The first kappa shape index (κ1) is 16.3. The van der Waals surface area contributed by atoms with Gasteiger partial charge in [0.25, 0.3) is 0 Å². The molecule has 0 saturated carbocycles. The highest BCUT2D eigenvalue weighted by atomic mass is 35.5. The number of thiophene rings is 1. The number of rotatable bonds is 5. The van der Waals surface area contributed by atoms with Gasteiger partial charge in [-0.1, -0.05) is 18.5 Å². The van der Waals surface area contributed by atoms with Crippen molar-refractivity contribution < 1.29 is 13.2 Å². The van der Waals surface area contributed by atoms with Crippen molar-refractivity contribution in [3.8, 4) is 0 Å². The summed E-state index contributed by atoms with van der Waals surface area (Å²) in [5, 5.41) is 5.39. The van der Waals surface area contributed by atoms with Gasteiger partial charge in [0.15, 0.2) is 0 Å². The summed E-state index contributed by atoms with van der Waals surface area (Å²) < 4.78 is 41.2. The van der Waals surface area contributed by atoms with Crippen LogP contribution in [0, 0.1) is 24.4 Å². The van der Waals surface area contributed by atoms with Gasteiger partial charge in [-0.05, 0) is 30.8 Å². The molecule has 1 aromatic heterocycles. The van der Waals surface area contributed by atoms with Crippen LogP contribution in [0.3, 0.4) is 0 Å². The Kier molecular flexibility index (Phi) is 5.30. The van der Waals surface area contributed by atoms with Crippen molar-refractivity contribution in [1.82, 2.24) is 5.32 Å². The van der Waals surface area contributed by atoms with Crippen LogP contribution < -0.4 is 5.32 Å². The number of nitrogens with one attached hydrogen (secondary N) is 1. The minimum atomic E-state index is -0.934. The highest BCUT2D eigenvalue weighted by molar-refractivity contribution is 7.10. The molecule has 21 heavy (non-hydrogen) atoms. The van der Waals surface area contributed by atoms with Crippen LogP contribution in [-0.4, -0.2) is 6.54 Å². The monoisotopic (exact) mass is 333 g/mol. The van der Waals surface area contributed by atoms with Gasteiger partial charge in [-0.3, -0.25) is 0 Å². The van der Waals surface area contributed by atoms with Crippen LogP contribution in [0.25, 0.3) is 0 Å². The first-order chi connectivity index (χ1) is 9.95. The molecular weight excluding hydrogens is 319 g/mol. The van der Waals surface area contributed by atoms with Crippen molar-refractivity contribution >= 4 is 22.9 Å². The first-order valence-corrected chi connectivity index (χ1v) is 7.82. The van der Waals surface area contributed by atoms with E-state index >= 15 is 0 Å². The fourth-order valence-corrected chi connectivity index (χ4v) is 3.47. The molecule has 1 N–H and O–H groups in total. The first-order valence-electron chi connectivity index (χ1n) is 6.57. The molecule has 1 aromatic carbocycles. The molecule has 0 aliphatic rings. The lowest BCUT2D eigenvalue weighted by Gasteiger charge is -2.20. The third-order valence-electron chi connectivity index (χ3n) is 3.12. The van der Waals surface area contributed by atoms with E-state index in [1.807, 2.05) is 19.2 Å². The normalized spacial score (nSPS) is 12.7. The third kappa shape index (κ3) is 3.42. The van der Waals surface area contributed by atoms with E-state index in [1.54, 1.807) is 0 Å². The molecule has 0 spiro atoms. The summed E-state index contributed by atoms with van der Waals surface area (Å²) in [5.41, 5.74) is 0.650. The maximum absolute atomic E-state index is 14.1. The van der Waals surface area contributed by atoms with Crippen LogP contribution in [-0.2, 0) is 0 Å². The Morgan fingerprint density at radius 1 is 1.24 bits per heavy atom. The quantitative estimate of drug-likeness (QED) is 0.791. The molecule has 0 aliphatic heterocycles. The Labute approximate surface area is 130 Å². The number of aryl methyl sites for hydroxylation is 1. The minimum absolute atomic E-state index is 0.200. The van der Waals surface area contributed by atoms with Gasteiger partial charge in [0.2, 0.25) is 0 Å². The van der Waals surface area contributed by atoms with E-state index in [4.69, 9.17) is 11.6 Å². The zero-order chi connectivity index (χ0) is 15.6. The van der Waals surface area contributed by atoms with Crippen LogP contribution in [0.1, 0.15) is 35.4 Å². The van der Waals surface area contributed by atoms with E-state index in [0.29, 0.717) is 28.6 Å². The van der Waals surface area contributed by atoms with E-state index in [1.165, 1.54) is 11.3 Å². The Balaban J connectivity index is 2.53. The Morgan fingerprint density at radius 3 is 2.33 bits per heavy atom. The maximum atomic E-state index is 14.1. The average Bonchev–Trinajstić information content (AvgIpc) is 2.73. The fourth-order valence-electron chi connectivity index (χ4n) is 2.09. The highest BCUT2D eigenvalue weighted by Gasteiger charge is 2.26. The smallest absolute Gasteiger partial charge is 0.134 e. The average molecular weight is 334 g/mol. The third-order valence-corrected chi connectivity index (χ3v) is 4.90. The summed E-state index contributed by atoms with van der Waals surface area (Å²) in [5.74, 6) is -2.76. The van der Waals surface area contributed by atoms with Crippen LogP contribution in [0.4, 0.5) is 13.2 Å². The molecule has 1 nitrogen and oxygen atoms in total. The second-order valence-corrected chi connectivity index (χ2v) is 6.06. The molecule has 0 bridgehead atoms. The van der Waals surface area contributed by atoms with E-state index in [2.05, 4.69) is 5.32 Å². The van der Waals surface area contributed by atoms with Crippen LogP contribution in [0.5, 0.6) is 0 Å². The lowest BCUT2D eigenvalue weighted by molar-refractivity contribution is 0.489. The summed E-state index contributed by atoms with van der Waals surface area (Å²) in [6.07, 6.45) is 0.795. The standard InChI is InChI=1S/C15H15ClF3NS/c1-3-4-20-14(15-13(16)8(2)7-21-15)12-10(18)5-9(17)6-11(12)19/h5-7,14,20H,3-4H2,1-2H3. The molecule has 0 saturated heterocycles. The molecule has 1 heterocycles. The molecular formula is C15H15ClF3NS. The molecule has 2 aromatic rings. The van der Waals surface area contributed by atoms with Gasteiger partial charge in [-0.25, -0.2) is 13.2 Å². The molecule has 0 amide bonds. The molecule has 0 fully saturated rings. The van der Waals surface area contributed by atoms with Gasteiger partial charge in [-0.15, -0.1) is 11.3 Å². The van der Waals surface area contributed by atoms with Crippen molar-refractivity contribution in [1.29, 1.82) is 0 Å². The van der Waals surface area contributed by atoms with Crippen LogP contribution in [0.15, 0.2) is 17.5 Å². The van der Waals surface area contributed by atoms with E-state index in [9.17, 15) is 13.2 Å². The topological polar surface area (TPSA) is 12.0 Å². The molecule has 0 radical (unpaired) electrons. The molecule has 114 valence electrons. The van der Waals surface area contributed by atoms with Crippen molar-refractivity contribution in [3.63, 3.8) is 0 Å². The van der Waals surface area contributed by atoms with Crippen LogP contribution in [0.2, 0.25) is 5.02 Å². The van der Waals surface area contributed by atoms with Gasteiger partial charge >= 0.3 is 0 Å². The summed E-state index contributed by atoms with van der Waals surface area (Å²) in [6, 6.07) is 0.651. The Hall–Kier alpha value is -1.04. The fraction of sp³-hybridized carbons (Fsp3) is 0.333. The number of halogens is 4. The van der Waals surface area contributed by atoms with Gasteiger partial charge in [-0.2, -0.15) is 0 Å². The van der Waals surface area contributed by atoms with E-state index < -0.39 is 23.5 Å². The van der Waals surface area contributed by atoms with Gasteiger partial charge in [0.1, 0.15) is 17.5 Å². The lowest BCUT2D eigenvalue weighted by Crippen LogP contribution is -2.25. The molecule has 1 unspecified atom stereocenters. The van der Waals surface area contributed by atoms with Crippen molar-refractivity contribution in [3.05, 3.63) is 56.0 Å². The summed E-state index contributed by atoms with van der Waals surface area (Å²) in [7, 11) is 0. The Morgan fingerprint density at radius 2 is 1.86 bits per heavy atom. The molecule has 1 atom stereocenters. The predicted octanol–water partition coefficient (Wildman–Crippen LogP) is 5.22. The predicted molar refractivity (Wildman–Crippen MR) is 80.5 cm³/mol. The number of hydrogen-bond donors (Lipinski definition) is 1. The molecule has 0 aliphatic carbocycles. The summed E-state index contributed by atoms with van der Waals surface area (Å²) in [6.45, 7) is 4.34. The lowest BCUT2D eigenvalue weighted by atomic mass is 10.0. The zero-order valence-corrected chi connectivity index (χ0v) is 13.2. The molecule has 2 rings (SSSR count). The zero-order valence-electron chi connectivity index (χ0n) is 11.6. The summed E-state index contributed by atoms with van der Waals surface area (Å²) >= 11 is 7.55. The van der Waals surface area contributed by atoms with E-state index in [-0.39, 0.29) is 5.56 Å². The minimum Gasteiger partial charge on any atom is -0.305 e. The largest absolute Gasteiger partial charge is 0.305 e. The van der Waals surface area contributed by atoms with Crippen molar-refractivity contribution in [2.24, 2.45) is 0 Å². The SMILES string of the molecule is CCCNC(c1scc(C)c1Cl)c1c(F)cc(F)cc1F. The Bertz CT molecular complexity index is 619. The van der Waals surface area contributed by atoms with Crippen LogP contribution >= 0.6 is 22.9 Å². The number of benzene rings is 1. The number of hydrogen-bond acceptors (Lipinski definition) is 2. The maximum Gasteiger partial charge on any atom is 0.134 e. The van der Waals surface area contributed by atoms with Crippen molar-refractivity contribution in [2.45, 2.75) is 26.3 Å². The van der Waals surface area contributed by atoms with Gasteiger partial charge in [0.05, 0.1) is 11.1 Å².